The topological polar surface area (TPSA) is 59.0 Å². The molecule has 1 N–H and O–H groups in total. The van der Waals surface area contributed by atoms with Crippen LogP contribution in [-0.4, -0.2) is 54.9 Å². The Labute approximate surface area is 148 Å². The van der Waals surface area contributed by atoms with Gasteiger partial charge in [0, 0.05) is 18.0 Å². The number of carbonyl (C=O) groups is 1. The Kier molecular flexibility index (Phi) is 4.69. The number of rotatable bonds is 4. The summed E-state index contributed by atoms with van der Waals surface area (Å²) in [5.41, 5.74) is 1.88. The van der Waals surface area contributed by atoms with Gasteiger partial charge >= 0.3 is 0 Å². The molecule has 3 atom stereocenters. The van der Waals surface area contributed by atoms with Crippen LogP contribution >= 0.6 is 0 Å². The lowest BCUT2D eigenvalue weighted by molar-refractivity contribution is -0.0383. The summed E-state index contributed by atoms with van der Waals surface area (Å²) in [5.74, 6) is 1.59. The maximum atomic E-state index is 13.2. The molecule has 0 radical (unpaired) electrons. The summed E-state index contributed by atoms with van der Waals surface area (Å²) >= 11 is 0. The van der Waals surface area contributed by atoms with E-state index < -0.39 is 0 Å². The average Bonchev–Trinajstić information content (AvgIpc) is 3.41. The summed E-state index contributed by atoms with van der Waals surface area (Å²) in [6.07, 6.45) is 4.84. The second kappa shape index (κ2) is 6.96. The Bertz CT molecular complexity index is 643. The summed E-state index contributed by atoms with van der Waals surface area (Å²) < 4.78 is 11.1. The van der Waals surface area contributed by atoms with Gasteiger partial charge in [0.2, 0.25) is 0 Å². The molecule has 3 fully saturated rings. The van der Waals surface area contributed by atoms with Crippen molar-refractivity contribution in [1.82, 2.24) is 4.90 Å². The Hall–Kier alpha value is -1.59. The van der Waals surface area contributed by atoms with E-state index >= 15 is 0 Å². The molecule has 3 unspecified atom stereocenters. The number of ether oxygens (including phenoxy) is 2. The molecule has 1 aromatic carbocycles. The molecule has 1 heterocycles. The van der Waals surface area contributed by atoms with Crippen molar-refractivity contribution in [2.75, 3.05) is 26.9 Å². The van der Waals surface area contributed by atoms with Gasteiger partial charge in [0.05, 0.1) is 32.5 Å². The van der Waals surface area contributed by atoms with E-state index in [0.717, 1.165) is 36.1 Å². The van der Waals surface area contributed by atoms with Crippen molar-refractivity contribution in [3.8, 4) is 5.75 Å². The van der Waals surface area contributed by atoms with Crippen molar-refractivity contribution < 1.29 is 19.4 Å². The van der Waals surface area contributed by atoms with E-state index in [0.29, 0.717) is 25.7 Å². The molecular formula is C20H27NO4. The number of hydrogen-bond acceptors (Lipinski definition) is 4. The van der Waals surface area contributed by atoms with Crippen LogP contribution in [0.25, 0.3) is 0 Å². The molecule has 0 aromatic heterocycles. The van der Waals surface area contributed by atoms with E-state index in [-0.39, 0.29) is 24.0 Å². The fourth-order valence-electron chi connectivity index (χ4n) is 4.39. The van der Waals surface area contributed by atoms with Crippen LogP contribution in [0.3, 0.4) is 0 Å². The van der Waals surface area contributed by atoms with Crippen LogP contribution in [0.1, 0.15) is 53.9 Å². The fourth-order valence-corrected chi connectivity index (χ4v) is 4.39. The van der Waals surface area contributed by atoms with Crippen molar-refractivity contribution in [1.29, 1.82) is 0 Å². The van der Waals surface area contributed by atoms with Crippen LogP contribution in [0.5, 0.6) is 5.75 Å². The number of hydrogen-bond donors (Lipinski definition) is 1. The van der Waals surface area contributed by atoms with Crippen molar-refractivity contribution >= 4 is 5.91 Å². The number of amides is 1. The third-order valence-corrected chi connectivity index (χ3v) is 5.95. The highest BCUT2D eigenvalue weighted by molar-refractivity contribution is 5.95. The lowest BCUT2D eigenvalue weighted by Gasteiger charge is -2.40. The first kappa shape index (κ1) is 16.9. The standard InChI is InChI=1S/C20H27NO4/c1-24-19-8-7-14(11-16(19)13-5-6-13)20(23)21-9-10-25-12-17(21)15-3-2-4-18(15)22/h7-8,11,13,15,17-18,22H,2-6,9-10,12H2,1H3. The van der Waals surface area contributed by atoms with E-state index in [4.69, 9.17) is 9.47 Å². The van der Waals surface area contributed by atoms with Gasteiger partial charge in [0.1, 0.15) is 5.75 Å². The first-order valence-corrected chi connectivity index (χ1v) is 9.43. The Morgan fingerprint density at radius 2 is 2.12 bits per heavy atom. The summed E-state index contributed by atoms with van der Waals surface area (Å²) in [7, 11) is 1.68. The molecule has 2 saturated carbocycles. The second-order valence-corrected chi connectivity index (χ2v) is 7.53. The SMILES string of the molecule is COc1ccc(C(=O)N2CCOCC2C2CCCC2O)cc1C1CC1. The lowest BCUT2D eigenvalue weighted by atomic mass is 9.93. The summed E-state index contributed by atoms with van der Waals surface area (Å²) in [4.78, 5) is 15.1. The molecule has 25 heavy (non-hydrogen) atoms. The van der Waals surface area contributed by atoms with Gasteiger partial charge in [-0.25, -0.2) is 0 Å². The minimum Gasteiger partial charge on any atom is -0.496 e. The van der Waals surface area contributed by atoms with Gasteiger partial charge in [-0.2, -0.15) is 0 Å². The summed E-state index contributed by atoms with van der Waals surface area (Å²) in [6.45, 7) is 1.69. The number of methoxy groups -OCH3 is 1. The largest absolute Gasteiger partial charge is 0.496 e. The average molecular weight is 345 g/mol. The molecular weight excluding hydrogens is 318 g/mol. The first-order valence-electron chi connectivity index (χ1n) is 9.43. The van der Waals surface area contributed by atoms with Gasteiger partial charge in [-0.1, -0.05) is 6.42 Å². The predicted octanol–water partition coefficient (Wildman–Crippen LogP) is 2.57. The molecule has 1 aromatic rings. The summed E-state index contributed by atoms with van der Waals surface area (Å²) in [5, 5.41) is 10.3. The number of morpholine rings is 1. The number of carbonyl (C=O) groups excluding carboxylic acids is 1. The van der Waals surface area contributed by atoms with Crippen LogP contribution in [0.15, 0.2) is 18.2 Å². The zero-order valence-corrected chi connectivity index (χ0v) is 14.8. The third-order valence-electron chi connectivity index (χ3n) is 5.95. The highest BCUT2D eigenvalue weighted by Crippen LogP contribution is 2.44. The van der Waals surface area contributed by atoms with Crippen LogP contribution in [0.4, 0.5) is 0 Å². The van der Waals surface area contributed by atoms with Crippen LogP contribution in [-0.2, 0) is 4.74 Å². The van der Waals surface area contributed by atoms with Crippen molar-refractivity contribution in [2.24, 2.45) is 5.92 Å². The van der Waals surface area contributed by atoms with Gasteiger partial charge in [-0.15, -0.1) is 0 Å². The van der Waals surface area contributed by atoms with E-state index in [1.807, 2.05) is 23.1 Å². The fraction of sp³-hybridized carbons (Fsp3) is 0.650. The quantitative estimate of drug-likeness (QED) is 0.911. The molecule has 4 rings (SSSR count). The predicted molar refractivity (Wildman–Crippen MR) is 94.0 cm³/mol. The van der Waals surface area contributed by atoms with Gasteiger partial charge in [-0.05, 0) is 55.4 Å². The van der Waals surface area contributed by atoms with E-state index in [1.54, 1.807) is 7.11 Å². The van der Waals surface area contributed by atoms with Crippen molar-refractivity contribution in [3.05, 3.63) is 29.3 Å². The van der Waals surface area contributed by atoms with Crippen LogP contribution in [0, 0.1) is 5.92 Å². The van der Waals surface area contributed by atoms with E-state index in [2.05, 4.69) is 0 Å². The van der Waals surface area contributed by atoms with Gasteiger partial charge < -0.3 is 19.5 Å². The first-order chi connectivity index (χ1) is 12.2. The monoisotopic (exact) mass is 345 g/mol. The number of aliphatic hydroxyl groups is 1. The van der Waals surface area contributed by atoms with E-state index in [1.165, 1.54) is 12.8 Å². The molecule has 1 saturated heterocycles. The van der Waals surface area contributed by atoms with Crippen molar-refractivity contribution in [2.45, 2.75) is 50.2 Å². The maximum absolute atomic E-state index is 13.2. The number of benzene rings is 1. The summed E-state index contributed by atoms with van der Waals surface area (Å²) in [6, 6.07) is 5.77. The smallest absolute Gasteiger partial charge is 0.254 e. The Balaban J connectivity index is 1.59. The molecule has 2 aliphatic carbocycles. The second-order valence-electron chi connectivity index (χ2n) is 7.53. The highest BCUT2D eigenvalue weighted by atomic mass is 16.5. The molecule has 0 spiro atoms. The van der Waals surface area contributed by atoms with Gasteiger partial charge in [-0.3, -0.25) is 4.79 Å². The van der Waals surface area contributed by atoms with Gasteiger partial charge in [0.15, 0.2) is 0 Å². The molecule has 1 amide bonds. The molecule has 5 heteroatoms. The highest BCUT2D eigenvalue weighted by Gasteiger charge is 2.40. The minimum absolute atomic E-state index is 0.0229. The number of aliphatic hydroxyl groups excluding tert-OH is 1. The number of nitrogens with zero attached hydrogens (tertiary/aromatic N) is 1. The molecule has 136 valence electrons. The lowest BCUT2D eigenvalue weighted by Crippen LogP contribution is -2.53. The zero-order valence-electron chi connectivity index (χ0n) is 14.8. The normalized spacial score (nSPS) is 29.7. The molecule has 0 bridgehead atoms. The molecule has 5 nitrogen and oxygen atoms in total. The van der Waals surface area contributed by atoms with Crippen LogP contribution in [0.2, 0.25) is 0 Å². The minimum atomic E-state index is -0.320. The molecule has 1 aliphatic heterocycles. The Morgan fingerprint density at radius 3 is 2.80 bits per heavy atom. The van der Waals surface area contributed by atoms with E-state index in [9.17, 15) is 9.90 Å². The van der Waals surface area contributed by atoms with Crippen LogP contribution < -0.4 is 4.74 Å². The maximum Gasteiger partial charge on any atom is 0.254 e. The van der Waals surface area contributed by atoms with Gasteiger partial charge in [0.25, 0.3) is 5.91 Å². The molecule has 3 aliphatic rings. The zero-order chi connectivity index (χ0) is 17.4. The Morgan fingerprint density at radius 1 is 1.28 bits per heavy atom. The van der Waals surface area contributed by atoms with Crippen molar-refractivity contribution in [3.63, 3.8) is 0 Å². The third kappa shape index (κ3) is 3.27.